The number of nitrogens with one attached hydrogen (secondary N) is 2. The fraction of sp³-hybridized carbons (Fsp3) is 0.286. The van der Waals surface area contributed by atoms with Crippen molar-refractivity contribution in [3.63, 3.8) is 0 Å². The Kier molecular flexibility index (Phi) is 6.90. The van der Waals surface area contributed by atoms with E-state index >= 15 is 0 Å². The van der Waals surface area contributed by atoms with Crippen LogP contribution in [0.15, 0.2) is 60.7 Å². The van der Waals surface area contributed by atoms with Gasteiger partial charge >= 0.3 is 0 Å². The van der Waals surface area contributed by atoms with Crippen LogP contribution >= 0.6 is 0 Å². The van der Waals surface area contributed by atoms with Crippen LogP contribution in [-0.2, 0) is 4.79 Å². The van der Waals surface area contributed by atoms with E-state index in [0.717, 1.165) is 16.7 Å². The molecule has 1 aliphatic heterocycles. The van der Waals surface area contributed by atoms with Gasteiger partial charge in [-0.05, 0) is 43.5 Å². The monoisotopic (exact) mass is 340 g/mol. The number of piperazine rings is 1. The Bertz CT molecular complexity index is 731. The number of hydrogen-bond donors (Lipinski definition) is 2. The molecule has 0 spiro atoms. The van der Waals surface area contributed by atoms with Gasteiger partial charge in [0.15, 0.2) is 0 Å². The number of benzene rings is 1. The Morgan fingerprint density at radius 2 is 2.24 bits per heavy atom. The average Bonchev–Trinajstić information content (AvgIpc) is 2.58. The Balaban J connectivity index is 2.42. The van der Waals surface area contributed by atoms with Gasteiger partial charge in [-0.15, -0.1) is 0 Å². The second-order valence-corrected chi connectivity index (χ2v) is 6.08. The van der Waals surface area contributed by atoms with Crippen molar-refractivity contribution in [2.24, 2.45) is 0 Å². The van der Waals surface area contributed by atoms with Gasteiger partial charge < -0.3 is 10.6 Å². The number of allylic oxidation sites excluding steroid dienone is 6. The Morgan fingerprint density at radius 1 is 1.44 bits per heavy atom. The first-order valence-electron chi connectivity index (χ1n) is 8.46. The standard InChI is InChI=1S/C21H25FN2O/c1-4-6-16(7-5-2)9-10-17(20-13-23-14-21(25)24-20)18-12-15(3)8-11-19(18)22/h4-8,10-12,20,23H,1,9,13-14H2,2-3H3,(H,24,25)/b7-5-,16-6+,17-10-. The Labute approximate surface area is 149 Å². The number of carbonyl (C=O) groups excluding carboxylic acids is 1. The van der Waals surface area contributed by atoms with Gasteiger partial charge in [0.05, 0.1) is 12.6 Å². The van der Waals surface area contributed by atoms with Crippen LogP contribution in [-0.4, -0.2) is 25.0 Å². The first-order chi connectivity index (χ1) is 12.0. The summed E-state index contributed by atoms with van der Waals surface area (Å²) < 4.78 is 14.5. The van der Waals surface area contributed by atoms with Crippen molar-refractivity contribution in [2.75, 3.05) is 13.1 Å². The molecule has 1 atom stereocenters. The SMILES string of the molecule is C=C/C=C(\C=C/C)C/C=C(/c1cc(C)ccc1F)C1CNCC(=O)N1. The molecule has 1 amide bonds. The lowest BCUT2D eigenvalue weighted by molar-refractivity contribution is -0.121. The van der Waals surface area contributed by atoms with E-state index in [1.54, 1.807) is 12.1 Å². The van der Waals surface area contributed by atoms with Crippen LogP contribution in [0, 0.1) is 12.7 Å². The quantitative estimate of drug-likeness (QED) is 0.776. The lowest BCUT2D eigenvalue weighted by Crippen LogP contribution is -2.52. The molecule has 25 heavy (non-hydrogen) atoms. The van der Waals surface area contributed by atoms with E-state index in [-0.39, 0.29) is 17.8 Å². The van der Waals surface area contributed by atoms with Crippen LogP contribution in [0.5, 0.6) is 0 Å². The third-order valence-electron chi connectivity index (χ3n) is 4.05. The minimum atomic E-state index is -0.281. The lowest BCUT2D eigenvalue weighted by Gasteiger charge is -2.27. The minimum absolute atomic E-state index is 0.0782. The maximum atomic E-state index is 14.5. The van der Waals surface area contributed by atoms with Gasteiger partial charge in [0, 0.05) is 12.1 Å². The second-order valence-electron chi connectivity index (χ2n) is 6.08. The highest BCUT2D eigenvalue weighted by Gasteiger charge is 2.24. The molecule has 0 saturated carbocycles. The van der Waals surface area contributed by atoms with Crippen molar-refractivity contribution in [3.05, 3.63) is 77.7 Å². The van der Waals surface area contributed by atoms with Crippen molar-refractivity contribution < 1.29 is 9.18 Å². The first kappa shape index (κ1) is 18.9. The summed E-state index contributed by atoms with van der Waals surface area (Å²) in [5.41, 5.74) is 3.37. The van der Waals surface area contributed by atoms with E-state index in [0.29, 0.717) is 25.1 Å². The fourth-order valence-electron chi connectivity index (χ4n) is 2.90. The van der Waals surface area contributed by atoms with Gasteiger partial charge in [0.1, 0.15) is 5.82 Å². The van der Waals surface area contributed by atoms with Gasteiger partial charge in [0.2, 0.25) is 5.91 Å². The molecule has 0 radical (unpaired) electrons. The molecule has 4 heteroatoms. The average molecular weight is 340 g/mol. The number of carbonyl (C=O) groups is 1. The van der Waals surface area contributed by atoms with E-state index in [2.05, 4.69) is 17.2 Å². The predicted molar refractivity (Wildman–Crippen MR) is 102 cm³/mol. The lowest BCUT2D eigenvalue weighted by atomic mass is 9.93. The summed E-state index contributed by atoms with van der Waals surface area (Å²) in [6.45, 7) is 8.49. The van der Waals surface area contributed by atoms with Crippen LogP contribution in [0.25, 0.3) is 5.57 Å². The number of amides is 1. The zero-order valence-electron chi connectivity index (χ0n) is 14.8. The molecule has 0 aromatic heterocycles. The number of hydrogen-bond acceptors (Lipinski definition) is 2. The molecule has 132 valence electrons. The number of aryl methyl sites for hydroxylation is 1. The first-order valence-corrected chi connectivity index (χ1v) is 8.46. The van der Waals surface area contributed by atoms with E-state index in [1.807, 2.05) is 44.2 Å². The van der Waals surface area contributed by atoms with Crippen LogP contribution < -0.4 is 10.6 Å². The van der Waals surface area contributed by atoms with Gasteiger partial charge in [0.25, 0.3) is 0 Å². The molecule has 1 aromatic rings. The van der Waals surface area contributed by atoms with Crippen molar-refractivity contribution >= 4 is 11.5 Å². The van der Waals surface area contributed by atoms with Crippen LogP contribution in [0.3, 0.4) is 0 Å². The molecule has 1 saturated heterocycles. The predicted octanol–water partition coefficient (Wildman–Crippen LogP) is 3.68. The Hall–Kier alpha value is -2.46. The topological polar surface area (TPSA) is 41.1 Å². The molecule has 0 aliphatic carbocycles. The summed E-state index contributed by atoms with van der Waals surface area (Å²) in [7, 11) is 0. The highest BCUT2D eigenvalue weighted by Crippen LogP contribution is 2.25. The molecule has 3 nitrogen and oxygen atoms in total. The van der Waals surface area contributed by atoms with Crippen molar-refractivity contribution in [2.45, 2.75) is 26.3 Å². The molecule has 1 fully saturated rings. The summed E-state index contributed by atoms with van der Waals surface area (Å²) in [6, 6.07) is 4.79. The van der Waals surface area contributed by atoms with Gasteiger partial charge in [-0.1, -0.05) is 48.6 Å². The zero-order valence-corrected chi connectivity index (χ0v) is 14.8. The minimum Gasteiger partial charge on any atom is -0.347 e. The van der Waals surface area contributed by atoms with E-state index in [1.165, 1.54) is 6.07 Å². The summed E-state index contributed by atoms with van der Waals surface area (Å²) in [5.74, 6) is -0.359. The van der Waals surface area contributed by atoms with Crippen molar-refractivity contribution in [1.82, 2.24) is 10.6 Å². The highest BCUT2D eigenvalue weighted by molar-refractivity contribution is 5.83. The third-order valence-corrected chi connectivity index (χ3v) is 4.05. The Morgan fingerprint density at radius 3 is 2.92 bits per heavy atom. The van der Waals surface area contributed by atoms with Gasteiger partial charge in [-0.3, -0.25) is 4.79 Å². The van der Waals surface area contributed by atoms with Gasteiger partial charge in [-0.2, -0.15) is 0 Å². The van der Waals surface area contributed by atoms with E-state index in [4.69, 9.17) is 0 Å². The normalized spacial score (nSPS) is 19.2. The van der Waals surface area contributed by atoms with Crippen LogP contribution in [0.2, 0.25) is 0 Å². The molecular formula is C21H25FN2O. The largest absolute Gasteiger partial charge is 0.347 e. The molecular weight excluding hydrogens is 315 g/mol. The number of rotatable bonds is 6. The number of halogens is 1. The molecule has 1 heterocycles. The van der Waals surface area contributed by atoms with Gasteiger partial charge in [-0.25, -0.2) is 4.39 Å². The van der Waals surface area contributed by atoms with Crippen LogP contribution in [0.1, 0.15) is 24.5 Å². The molecule has 1 unspecified atom stereocenters. The molecule has 2 rings (SSSR count). The molecule has 2 N–H and O–H groups in total. The smallest absolute Gasteiger partial charge is 0.234 e. The maximum Gasteiger partial charge on any atom is 0.234 e. The van der Waals surface area contributed by atoms with Crippen LogP contribution in [0.4, 0.5) is 4.39 Å². The summed E-state index contributed by atoms with van der Waals surface area (Å²) in [4.78, 5) is 11.8. The fourth-order valence-corrected chi connectivity index (χ4v) is 2.90. The van der Waals surface area contributed by atoms with Crippen molar-refractivity contribution in [3.8, 4) is 0 Å². The summed E-state index contributed by atoms with van der Waals surface area (Å²) >= 11 is 0. The highest BCUT2D eigenvalue weighted by atomic mass is 19.1. The maximum absolute atomic E-state index is 14.5. The third kappa shape index (κ3) is 5.26. The summed E-state index contributed by atoms with van der Waals surface area (Å²) in [5, 5.41) is 6.04. The molecule has 1 aliphatic rings. The zero-order chi connectivity index (χ0) is 18.2. The van der Waals surface area contributed by atoms with E-state index in [9.17, 15) is 9.18 Å². The second kappa shape index (κ2) is 9.14. The van der Waals surface area contributed by atoms with Crippen molar-refractivity contribution in [1.29, 1.82) is 0 Å². The summed E-state index contributed by atoms with van der Waals surface area (Å²) in [6.07, 6.45) is 10.2. The van der Waals surface area contributed by atoms with E-state index < -0.39 is 0 Å². The molecule has 0 bridgehead atoms. The molecule has 1 aromatic carbocycles.